The third-order valence-electron chi connectivity index (χ3n) is 2.80. The lowest BCUT2D eigenvalue weighted by Gasteiger charge is -2.05. The van der Waals surface area contributed by atoms with Gasteiger partial charge in [-0.3, -0.25) is 4.79 Å². The van der Waals surface area contributed by atoms with Gasteiger partial charge in [-0.2, -0.15) is 0 Å². The standard InChI is InChI=1S/C15H14F2O2/c16-14(17)10-19-15(18)8-6-11-5-7-12-3-1-2-4-13(12)9-11/h1-5,7,9,14H,6,8,10H2. The number of ether oxygens (including phenoxy) is 1. The predicted octanol–water partition coefficient (Wildman–Crippen LogP) is 3.58. The quantitative estimate of drug-likeness (QED) is 0.771. The van der Waals surface area contributed by atoms with E-state index >= 15 is 0 Å². The summed E-state index contributed by atoms with van der Waals surface area (Å²) in [5, 5.41) is 2.23. The number of rotatable bonds is 5. The summed E-state index contributed by atoms with van der Waals surface area (Å²) >= 11 is 0. The van der Waals surface area contributed by atoms with E-state index in [4.69, 9.17) is 0 Å². The lowest BCUT2D eigenvalue weighted by atomic mass is 10.0. The second-order valence-electron chi connectivity index (χ2n) is 4.26. The first-order valence-corrected chi connectivity index (χ1v) is 6.06. The van der Waals surface area contributed by atoms with E-state index in [0.717, 1.165) is 16.3 Å². The number of halogens is 2. The van der Waals surface area contributed by atoms with Gasteiger partial charge in [0.15, 0.2) is 6.61 Å². The molecule has 0 aromatic heterocycles. The molecule has 0 atom stereocenters. The molecule has 0 fully saturated rings. The summed E-state index contributed by atoms with van der Waals surface area (Å²) in [5.74, 6) is -0.589. The molecule has 0 radical (unpaired) electrons. The van der Waals surface area contributed by atoms with E-state index in [1.54, 1.807) is 0 Å². The minimum Gasteiger partial charge on any atom is -0.460 e. The Kier molecular flexibility index (Phi) is 4.44. The minimum absolute atomic E-state index is 0.116. The second-order valence-corrected chi connectivity index (χ2v) is 4.26. The Morgan fingerprint density at radius 2 is 1.84 bits per heavy atom. The third-order valence-corrected chi connectivity index (χ3v) is 2.80. The summed E-state index contributed by atoms with van der Waals surface area (Å²) in [7, 11) is 0. The first kappa shape index (κ1) is 13.5. The van der Waals surface area contributed by atoms with Crippen LogP contribution in [-0.4, -0.2) is 19.0 Å². The lowest BCUT2D eigenvalue weighted by Crippen LogP contribution is -2.11. The Hall–Kier alpha value is -1.97. The number of aryl methyl sites for hydroxylation is 1. The second kappa shape index (κ2) is 6.27. The number of fused-ring (bicyclic) bond motifs is 1. The molecule has 0 aliphatic heterocycles. The Bertz CT molecular complexity index is 567. The van der Waals surface area contributed by atoms with Crippen LogP contribution in [0, 0.1) is 0 Å². The molecule has 0 aliphatic carbocycles. The highest BCUT2D eigenvalue weighted by Crippen LogP contribution is 2.16. The number of carbonyl (C=O) groups excluding carboxylic acids is 1. The Morgan fingerprint density at radius 1 is 1.11 bits per heavy atom. The van der Waals surface area contributed by atoms with Gasteiger partial charge in [-0.1, -0.05) is 42.5 Å². The summed E-state index contributed by atoms with van der Waals surface area (Å²) in [5.41, 5.74) is 0.993. The van der Waals surface area contributed by atoms with Gasteiger partial charge in [0.25, 0.3) is 6.43 Å². The van der Waals surface area contributed by atoms with Crippen LogP contribution in [0.4, 0.5) is 8.78 Å². The molecule has 0 aliphatic rings. The molecule has 0 saturated carbocycles. The number of benzene rings is 2. The van der Waals surface area contributed by atoms with E-state index in [9.17, 15) is 13.6 Å². The monoisotopic (exact) mass is 264 g/mol. The normalized spacial score (nSPS) is 10.9. The maximum atomic E-state index is 11.9. The average molecular weight is 264 g/mol. The van der Waals surface area contributed by atoms with Crippen LogP contribution in [-0.2, 0) is 16.0 Å². The molecule has 0 spiro atoms. The Labute approximate surface area is 110 Å². The van der Waals surface area contributed by atoms with E-state index in [2.05, 4.69) is 4.74 Å². The highest BCUT2D eigenvalue weighted by molar-refractivity contribution is 5.83. The van der Waals surface area contributed by atoms with Crippen LogP contribution in [0.1, 0.15) is 12.0 Å². The van der Waals surface area contributed by atoms with Crippen molar-refractivity contribution >= 4 is 16.7 Å². The maximum absolute atomic E-state index is 11.9. The lowest BCUT2D eigenvalue weighted by molar-refractivity contribution is -0.147. The van der Waals surface area contributed by atoms with Crippen molar-refractivity contribution < 1.29 is 18.3 Å². The zero-order valence-electron chi connectivity index (χ0n) is 10.3. The van der Waals surface area contributed by atoms with Crippen molar-refractivity contribution in [2.24, 2.45) is 0 Å². The number of alkyl halides is 2. The van der Waals surface area contributed by atoms with Crippen molar-refractivity contribution in [2.45, 2.75) is 19.3 Å². The highest BCUT2D eigenvalue weighted by atomic mass is 19.3. The van der Waals surface area contributed by atoms with Crippen LogP contribution in [0.5, 0.6) is 0 Å². The number of carbonyl (C=O) groups is 1. The van der Waals surface area contributed by atoms with Crippen LogP contribution >= 0.6 is 0 Å². The fraction of sp³-hybridized carbons (Fsp3) is 0.267. The molecule has 4 heteroatoms. The molecule has 0 heterocycles. The molecule has 0 amide bonds. The largest absolute Gasteiger partial charge is 0.460 e. The van der Waals surface area contributed by atoms with Crippen LogP contribution < -0.4 is 0 Å². The van der Waals surface area contributed by atoms with Crippen LogP contribution in [0.25, 0.3) is 10.8 Å². The summed E-state index contributed by atoms with van der Waals surface area (Å²) < 4.78 is 28.1. The summed E-state index contributed by atoms with van der Waals surface area (Å²) in [6, 6.07) is 13.8. The highest BCUT2D eigenvalue weighted by Gasteiger charge is 2.08. The molecule has 0 unspecified atom stereocenters. The summed E-state index contributed by atoms with van der Waals surface area (Å²) in [6.45, 7) is -0.823. The van der Waals surface area contributed by atoms with E-state index < -0.39 is 19.0 Å². The smallest absolute Gasteiger partial charge is 0.306 e. The van der Waals surface area contributed by atoms with Crippen LogP contribution in [0.3, 0.4) is 0 Å². The fourth-order valence-electron chi connectivity index (χ4n) is 1.87. The zero-order chi connectivity index (χ0) is 13.7. The van der Waals surface area contributed by atoms with Crippen molar-refractivity contribution in [1.29, 1.82) is 0 Å². The van der Waals surface area contributed by atoms with Gasteiger partial charge in [-0.05, 0) is 22.8 Å². The molecular weight excluding hydrogens is 250 g/mol. The van der Waals surface area contributed by atoms with E-state index in [0.29, 0.717) is 6.42 Å². The molecule has 2 nitrogen and oxygen atoms in total. The van der Waals surface area contributed by atoms with E-state index in [-0.39, 0.29) is 6.42 Å². The van der Waals surface area contributed by atoms with Gasteiger partial charge < -0.3 is 4.74 Å². The summed E-state index contributed by atoms with van der Waals surface area (Å²) in [6.07, 6.45) is -2.00. The molecule has 2 aromatic rings. The fourth-order valence-corrected chi connectivity index (χ4v) is 1.87. The molecule has 19 heavy (non-hydrogen) atoms. The van der Waals surface area contributed by atoms with Crippen molar-refractivity contribution in [3.63, 3.8) is 0 Å². The minimum atomic E-state index is -2.61. The topological polar surface area (TPSA) is 26.3 Å². The predicted molar refractivity (Wildman–Crippen MR) is 69.2 cm³/mol. The number of hydrogen-bond acceptors (Lipinski definition) is 2. The molecule has 0 N–H and O–H groups in total. The number of esters is 1. The van der Waals surface area contributed by atoms with Crippen molar-refractivity contribution in [3.8, 4) is 0 Å². The van der Waals surface area contributed by atoms with Gasteiger partial charge in [-0.25, -0.2) is 8.78 Å². The van der Waals surface area contributed by atoms with Crippen LogP contribution in [0.15, 0.2) is 42.5 Å². The van der Waals surface area contributed by atoms with E-state index in [1.165, 1.54) is 0 Å². The van der Waals surface area contributed by atoms with E-state index in [1.807, 2.05) is 42.5 Å². The molecule has 2 rings (SSSR count). The molecule has 100 valence electrons. The number of hydrogen-bond donors (Lipinski definition) is 0. The molecular formula is C15H14F2O2. The summed E-state index contributed by atoms with van der Waals surface area (Å²) in [4.78, 5) is 11.2. The Morgan fingerprint density at radius 3 is 2.58 bits per heavy atom. The first-order valence-electron chi connectivity index (χ1n) is 6.06. The van der Waals surface area contributed by atoms with Gasteiger partial charge in [0.05, 0.1) is 0 Å². The molecule has 0 bridgehead atoms. The van der Waals surface area contributed by atoms with Crippen LogP contribution in [0.2, 0.25) is 0 Å². The average Bonchev–Trinajstić information content (AvgIpc) is 2.42. The third kappa shape index (κ3) is 4.02. The van der Waals surface area contributed by atoms with Crippen molar-refractivity contribution in [3.05, 3.63) is 48.0 Å². The van der Waals surface area contributed by atoms with Gasteiger partial charge in [-0.15, -0.1) is 0 Å². The van der Waals surface area contributed by atoms with Gasteiger partial charge in [0, 0.05) is 6.42 Å². The molecule has 2 aromatic carbocycles. The van der Waals surface area contributed by atoms with Gasteiger partial charge in [0.1, 0.15) is 0 Å². The zero-order valence-corrected chi connectivity index (χ0v) is 10.3. The Balaban J connectivity index is 1.92. The van der Waals surface area contributed by atoms with Crippen molar-refractivity contribution in [2.75, 3.05) is 6.61 Å². The maximum Gasteiger partial charge on any atom is 0.306 e. The first-order chi connectivity index (χ1) is 9.15. The van der Waals surface area contributed by atoms with Crippen molar-refractivity contribution in [1.82, 2.24) is 0 Å². The molecule has 0 saturated heterocycles. The van der Waals surface area contributed by atoms with Gasteiger partial charge in [0.2, 0.25) is 0 Å². The SMILES string of the molecule is O=C(CCc1ccc2ccccc2c1)OCC(F)F. The van der Waals surface area contributed by atoms with Gasteiger partial charge >= 0.3 is 5.97 Å².